The third-order valence-electron chi connectivity index (χ3n) is 2.25. The molecule has 19 heavy (non-hydrogen) atoms. The monoisotopic (exact) mass is 298 g/mol. The van der Waals surface area contributed by atoms with Gasteiger partial charge >= 0.3 is 0 Å². The number of anilines is 2. The Labute approximate surface area is 120 Å². The number of halogens is 1. The number of hydrogen-bond acceptors (Lipinski definition) is 6. The third kappa shape index (κ3) is 3.71. The van der Waals surface area contributed by atoms with Crippen molar-refractivity contribution in [3.63, 3.8) is 0 Å². The van der Waals surface area contributed by atoms with Gasteiger partial charge in [-0.25, -0.2) is 4.98 Å². The molecule has 0 unspecified atom stereocenters. The van der Waals surface area contributed by atoms with Crippen LogP contribution in [0.15, 0.2) is 18.5 Å². The maximum atomic E-state index is 5.97. The summed E-state index contributed by atoms with van der Waals surface area (Å²) in [5.74, 6) is 0.965. The second kappa shape index (κ2) is 6.08. The molecule has 0 bridgehead atoms. The summed E-state index contributed by atoms with van der Waals surface area (Å²) in [7, 11) is 0. The van der Waals surface area contributed by atoms with Gasteiger partial charge in [-0.2, -0.15) is 4.98 Å². The van der Waals surface area contributed by atoms with Crippen LogP contribution in [0.5, 0.6) is 5.88 Å². The van der Waals surface area contributed by atoms with Gasteiger partial charge in [0.25, 0.3) is 0 Å². The van der Waals surface area contributed by atoms with E-state index in [9.17, 15) is 0 Å². The van der Waals surface area contributed by atoms with Crippen molar-refractivity contribution in [2.75, 3.05) is 11.1 Å². The van der Waals surface area contributed by atoms with Crippen molar-refractivity contribution < 1.29 is 4.74 Å². The third-order valence-corrected chi connectivity index (χ3v) is 3.48. The Morgan fingerprint density at radius 2 is 2.21 bits per heavy atom. The largest absolute Gasteiger partial charge is 0.473 e. The van der Waals surface area contributed by atoms with Gasteiger partial charge in [-0.1, -0.05) is 11.6 Å². The van der Waals surface area contributed by atoms with E-state index in [4.69, 9.17) is 22.1 Å². The molecule has 0 radical (unpaired) electrons. The van der Waals surface area contributed by atoms with Gasteiger partial charge in [-0.15, -0.1) is 11.3 Å². The average Bonchev–Trinajstić information content (AvgIpc) is 2.76. The van der Waals surface area contributed by atoms with Gasteiger partial charge in [0.1, 0.15) is 12.0 Å². The predicted molar refractivity (Wildman–Crippen MR) is 78.9 cm³/mol. The van der Waals surface area contributed by atoms with E-state index >= 15 is 0 Å². The molecule has 0 aliphatic heterocycles. The molecular formula is C12H15ClN4OS. The molecule has 5 nitrogen and oxygen atoms in total. The van der Waals surface area contributed by atoms with Crippen molar-refractivity contribution in [3.05, 3.63) is 27.7 Å². The minimum Gasteiger partial charge on any atom is -0.473 e. The fraction of sp³-hybridized carbons (Fsp3) is 0.333. The number of hydrogen-bond donors (Lipinski definition) is 2. The number of nitrogens with two attached hydrogens (primary N) is 1. The summed E-state index contributed by atoms with van der Waals surface area (Å²) in [6.07, 6.45) is 1.44. The Bertz CT molecular complexity index is 558. The predicted octanol–water partition coefficient (Wildman–Crippen LogP) is 3.17. The van der Waals surface area contributed by atoms with Crippen LogP contribution in [-0.4, -0.2) is 16.1 Å². The summed E-state index contributed by atoms with van der Waals surface area (Å²) in [5.41, 5.74) is 6.38. The molecule has 0 fully saturated rings. The molecule has 0 spiro atoms. The summed E-state index contributed by atoms with van der Waals surface area (Å²) in [4.78, 5) is 9.24. The number of nitrogens with one attached hydrogen (secondary N) is 1. The molecule has 0 aliphatic rings. The Morgan fingerprint density at radius 3 is 2.84 bits per heavy atom. The van der Waals surface area contributed by atoms with Crippen LogP contribution in [0.3, 0.4) is 0 Å². The number of thiophene rings is 1. The summed E-state index contributed by atoms with van der Waals surface area (Å²) in [6.45, 7) is 4.45. The van der Waals surface area contributed by atoms with Crippen molar-refractivity contribution in [1.29, 1.82) is 0 Å². The zero-order valence-corrected chi connectivity index (χ0v) is 12.3. The lowest BCUT2D eigenvalue weighted by Gasteiger charge is -2.13. The molecule has 0 aromatic carbocycles. The molecule has 3 N–H and O–H groups in total. The maximum Gasteiger partial charge on any atom is 0.242 e. The van der Waals surface area contributed by atoms with Crippen molar-refractivity contribution in [3.8, 4) is 5.88 Å². The van der Waals surface area contributed by atoms with Gasteiger partial charge in [0.05, 0.1) is 17.0 Å². The molecular weight excluding hydrogens is 284 g/mol. The Balaban J connectivity index is 2.08. The van der Waals surface area contributed by atoms with Crippen molar-refractivity contribution >= 4 is 34.4 Å². The van der Waals surface area contributed by atoms with Gasteiger partial charge in [-0.3, -0.25) is 0 Å². The highest BCUT2D eigenvalue weighted by molar-refractivity contribution is 7.16. The summed E-state index contributed by atoms with van der Waals surface area (Å²) < 4.78 is 6.27. The fourth-order valence-electron chi connectivity index (χ4n) is 1.46. The van der Waals surface area contributed by atoms with Gasteiger partial charge < -0.3 is 15.8 Å². The highest BCUT2D eigenvalue weighted by atomic mass is 35.5. The Kier molecular flexibility index (Phi) is 4.44. The fourth-order valence-corrected chi connectivity index (χ4v) is 2.48. The van der Waals surface area contributed by atoms with Crippen LogP contribution < -0.4 is 15.8 Å². The van der Waals surface area contributed by atoms with E-state index in [0.29, 0.717) is 23.9 Å². The van der Waals surface area contributed by atoms with E-state index < -0.39 is 0 Å². The molecule has 0 aliphatic carbocycles. The highest BCUT2D eigenvalue weighted by Gasteiger charge is 2.10. The maximum absolute atomic E-state index is 5.97. The lowest BCUT2D eigenvalue weighted by atomic mass is 10.4. The van der Waals surface area contributed by atoms with E-state index in [-0.39, 0.29) is 6.10 Å². The van der Waals surface area contributed by atoms with E-state index in [1.165, 1.54) is 17.7 Å². The highest BCUT2D eigenvalue weighted by Crippen LogP contribution is 2.27. The first kappa shape index (κ1) is 13.9. The molecule has 2 aromatic heterocycles. The zero-order chi connectivity index (χ0) is 13.8. The quantitative estimate of drug-likeness (QED) is 0.887. The minimum absolute atomic E-state index is 0.0150. The molecule has 0 atom stereocenters. The topological polar surface area (TPSA) is 73.1 Å². The molecule has 0 saturated heterocycles. The molecule has 0 amide bonds. The van der Waals surface area contributed by atoms with E-state index in [2.05, 4.69) is 15.3 Å². The SMILES string of the molecule is CC(C)Oc1ncnc(NCc2ccc(Cl)s2)c1N. The number of rotatable bonds is 5. The standard InChI is InChI=1S/C12H15ClN4OS/c1-7(2)18-12-10(14)11(16-6-17-12)15-5-8-3-4-9(13)19-8/h3-4,6-7H,5,14H2,1-2H3,(H,15,16,17). The molecule has 2 heterocycles. The van der Waals surface area contributed by atoms with Crippen LogP contribution in [0.4, 0.5) is 11.5 Å². The lowest BCUT2D eigenvalue weighted by molar-refractivity contribution is 0.234. The van der Waals surface area contributed by atoms with Crippen LogP contribution in [0.2, 0.25) is 4.34 Å². The zero-order valence-electron chi connectivity index (χ0n) is 10.7. The second-order valence-corrected chi connectivity index (χ2v) is 5.97. The first-order valence-electron chi connectivity index (χ1n) is 5.81. The number of aromatic nitrogens is 2. The summed E-state index contributed by atoms with van der Waals surface area (Å²) in [6, 6.07) is 3.82. The molecule has 7 heteroatoms. The van der Waals surface area contributed by atoms with Crippen LogP contribution >= 0.6 is 22.9 Å². The van der Waals surface area contributed by atoms with Crippen molar-refractivity contribution in [1.82, 2.24) is 9.97 Å². The van der Waals surface area contributed by atoms with Crippen LogP contribution in [0.25, 0.3) is 0 Å². The summed E-state index contributed by atoms with van der Waals surface area (Å²) >= 11 is 7.39. The second-order valence-electron chi connectivity index (χ2n) is 4.17. The van der Waals surface area contributed by atoms with Crippen molar-refractivity contribution in [2.45, 2.75) is 26.5 Å². The normalized spacial score (nSPS) is 10.7. The van der Waals surface area contributed by atoms with Crippen LogP contribution in [-0.2, 0) is 6.54 Å². The first-order chi connectivity index (χ1) is 9.06. The van der Waals surface area contributed by atoms with Gasteiger partial charge in [0.15, 0.2) is 5.82 Å². The van der Waals surface area contributed by atoms with E-state index in [0.717, 1.165) is 9.21 Å². The van der Waals surface area contributed by atoms with Crippen molar-refractivity contribution in [2.24, 2.45) is 0 Å². The van der Waals surface area contributed by atoms with Gasteiger partial charge in [-0.05, 0) is 26.0 Å². The Hall–Kier alpha value is -1.53. The molecule has 2 aromatic rings. The first-order valence-corrected chi connectivity index (χ1v) is 7.01. The number of ether oxygens (including phenoxy) is 1. The number of nitrogen functional groups attached to an aromatic ring is 1. The smallest absolute Gasteiger partial charge is 0.242 e. The molecule has 2 rings (SSSR count). The lowest BCUT2D eigenvalue weighted by Crippen LogP contribution is -2.11. The average molecular weight is 299 g/mol. The van der Waals surface area contributed by atoms with E-state index in [1.807, 2.05) is 26.0 Å². The Morgan fingerprint density at radius 1 is 1.42 bits per heavy atom. The van der Waals surface area contributed by atoms with Crippen LogP contribution in [0.1, 0.15) is 18.7 Å². The number of nitrogens with zero attached hydrogens (tertiary/aromatic N) is 2. The van der Waals surface area contributed by atoms with Gasteiger partial charge in [0, 0.05) is 4.88 Å². The summed E-state index contributed by atoms with van der Waals surface area (Å²) in [5, 5.41) is 3.15. The van der Waals surface area contributed by atoms with E-state index in [1.54, 1.807) is 0 Å². The minimum atomic E-state index is 0.0150. The molecule has 102 valence electrons. The molecule has 0 saturated carbocycles. The van der Waals surface area contributed by atoms with Gasteiger partial charge in [0.2, 0.25) is 5.88 Å². The van der Waals surface area contributed by atoms with Crippen LogP contribution in [0, 0.1) is 0 Å².